The van der Waals surface area contributed by atoms with Crippen molar-refractivity contribution in [3.63, 3.8) is 0 Å². The molecule has 0 radical (unpaired) electrons. The molecule has 17 heavy (non-hydrogen) atoms. The van der Waals surface area contributed by atoms with E-state index >= 15 is 0 Å². The maximum absolute atomic E-state index is 5.61. The third-order valence-corrected chi connectivity index (χ3v) is 3.15. The number of ether oxygens (including phenoxy) is 1. The highest BCUT2D eigenvalue weighted by Gasteiger charge is 1.97. The fraction of sp³-hybridized carbons (Fsp3) is 1.00. The lowest BCUT2D eigenvalue weighted by Crippen LogP contribution is -2.22. The fourth-order valence-corrected chi connectivity index (χ4v) is 1.65. The summed E-state index contributed by atoms with van der Waals surface area (Å²) in [4.78, 5) is 0. The predicted octanol–water partition coefficient (Wildman–Crippen LogP) is 3.86. The van der Waals surface area contributed by atoms with Gasteiger partial charge in [-0.25, -0.2) is 0 Å². The first kappa shape index (κ1) is 16.9. The van der Waals surface area contributed by atoms with Gasteiger partial charge in [0.05, 0.1) is 0 Å². The molecule has 0 saturated carbocycles. The number of unbranched alkanes of at least 4 members (excludes halogenated alkanes) is 1. The standard InChI is InChI=1S/C15H33NO/c1-5-15(4)13-16-10-8-12-17-11-7-6-9-14(2)3/h14-16H,5-13H2,1-4H3. The molecule has 0 aromatic heterocycles. The first-order valence-electron chi connectivity index (χ1n) is 7.45. The molecular weight excluding hydrogens is 210 g/mol. The molecule has 0 heterocycles. The molecule has 0 amide bonds. The molecule has 0 rings (SSSR count). The van der Waals surface area contributed by atoms with Gasteiger partial charge in [-0.15, -0.1) is 0 Å². The smallest absolute Gasteiger partial charge is 0.0478 e. The summed E-state index contributed by atoms with van der Waals surface area (Å²) in [5.74, 6) is 1.63. The summed E-state index contributed by atoms with van der Waals surface area (Å²) < 4.78 is 5.61. The lowest BCUT2D eigenvalue weighted by molar-refractivity contribution is 0.126. The summed E-state index contributed by atoms with van der Waals surface area (Å²) in [6.45, 7) is 13.2. The van der Waals surface area contributed by atoms with E-state index in [4.69, 9.17) is 4.74 Å². The van der Waals surface area contributed by atoms with Crippen molar-refractivity contribution >= 4 is 0 Å². The molecule has 0 aliphatic rings. The van der Waals surface area contributed by atoms with Crippen LogP contribution in [-0.4, -0.2) is 26.3 Å². The van der Waals surface area contributed by atoms with Gasteiger partial charge in [0.1, 0.15) is 0 Å². The van der Waals surface area contributed by atoms with Gasteiger partial charge in [-0.05, 0) is 37.8 Å². The summed E-state index contributed by atoms with van der Waals surface area (Å²) in [5.41, 5.74) is 0. The van der Waals surface area contributed by atoms with Crippen LogP contribution >= 0.6 is 0 Å². The van der Waals surface area contributed by atoms with E-state index in [1.165, 1.54) is 25.7 Å². The Kier molecular flexibility index (Phi) is 12.3. The average molecular weight is 243 g/mol. The van der Waals surface area contributed by atoms with Crippen LogP contribution in [0.3, 0.4) is 0 Å². The fourth-order valence-electron chi connectivity index (χ4n) is 1.65. The minimum Gasteiger partial charge on any atom is -0.381 e. The van der Waals surface area contributed by atoms with Crippen molar-refractivity contribution < 1.29 is 4.74 Å². The SMILES string of the molecule is CCC(C)CNCCCOCCCCC(C)C. The molecule has 2 heteroatoms. The summed E-state index contributed by atoms with van der Waals surface area (Å²) in [5, 5.41) is 3.47. The Labute approximate surface area is 109 Å². The zero-order chi connectivity index (χ0) is 12.9. The lowest BCUT2D eigenvalue weighted by Gasteiger charge is -2.10. The highest BCUT2D eigenvalue weighted by Crippen LogP contribution is 2.05. The first-order chi connectivity index (χ1) is 8.16. The molecule has 0 bridgehead atoms. The lowest BCUT2D eigenvalue weighted by atomic mass is 10.1. The third-order valence-electron chi connectivity index (χ3n) is 3.15. The normalized spacial score (nSPS) is 13.2. The van der Waals surface area contributed by atoms with Crippen LogP contribution in [0.25, 0.3) is 0 Å². The van der Waals surface area contributed by atoms with Gasteiger partial charge in [0.25, 0.3) is 0 Å². The zero-order valence-electron chi connectivity index (χ0n) is 12.4. The molecule has 0 aliphatic carbocycles. The van der Waals surface area contributed by atoms with E-state index in [1.807, 2.05) is 0 Å². The van der Waals surface area contributed by atoms with E-state index in [1.54, 1.807) is 0 Å². The Morgan fingerprint density at radius 1 is 1.00 bits per heavy atom. The quantitative estimate of drug-likeness (QED) is 0.526. The maximum Gasteiger partial charge on any atom is 0.0478 e. The van der Waals surface area contributed by atoms with Gasteiger partial charge in [0, 0.05) is 13.2 Å². The average Bonchev–Trinajstić information content (AvgIpc) is 2.30. The number of hydrogen-bond donors (Lipinski definition) is 1. The summed E-state index contributed by atoms with van der Waals surface area (Å²) in [6.07, 6.45) is 6.27. The third kappa shape index (κ3) is 13.9. The molecule has 0 spiro atoms. The summed E-state index contributed by atoms with van der Waals surface area (Å²) in [6, 6.07) is 0. The molecule has 0 aliphatic heterocycles. The van der Waals surface area contributed by atoms with Gasteiger partial charge in [-0.1, -0.05) is 47.0 Å². The van der Waals surface area contributed by atoms with Crippen molar-refractivity contribution in [2.24, 2.45) is 11.8 Å². The Morgan fingerprint density at radius 3 is 2.35 bits per heavy atom. The van der Waals surface area contributed by atoms with Gasteiger partial charge in [-0.2, -0.15) is 0 Å². The molecule has 0 aromatic rings. The number of hydrogen-bond acceptors (Lipinski definition) is 2. The molecule has 1 unspecified atom stereocenters. The van der Waals surface area contributed by atoms with Crippen LogP contribution in [0.5, 0.6) is 0 Å². The Bertz CT molecular complexity index is 148. The van der Waals surface area contributed by atoms with Gasteiger partial charge in [0.2, 0.25) is 0 Å². The monoisotopic (exact) mass is 243 g/mol. The molecule has 104 valence electrons. The summed E-state index contributed by atoms with van der Waals surface area (Å²) >= 11 is 0. The summed E-state index contributed by atoms with van der Waals surface area (Å²) in [7, 11) is 0. The molecular formula is C15H33NO. The highest BCUT2D eigenvalue weighted by molar-refractivity contribution is 4.54. The molecule has 2 nitrogen and oxygen atoms in total. The van der Waals surface area contributed by atoms with E-state index in [9.17, 15) is 0 Å². The van der Waals surface area contributed by atoms with Crippen LogP contribution in [0, 0.1) is 11.8 Å². The topological polar surface area (TPSA) is 21.3 Å². The zero-order valence-corrected chi connectivity index (χ0v) is 12.4. The second-order valence-electron chi connectivity index (χ2n) is 5.57. The van der Waals surface area contributed by atoms with Crippen LogP contribution in [0.1, 0.15) is 59.8 Å². The van der Waals surface area contributed by atoms with Crippen LogP contribution in [-0.2, 0) is 4.74 Å². The molecule has 1 atom stereocenters. The highest BCUT2D eigenvalue weighted by atomic mass is 16.5. The number of rotatable bonds is 12. The van der Waals surface area contributed by atoms with E-state index < -0.39 is 0 Å². The van der Waals surface area contributed by atoms with Crippen molar-refractivity contribution in [3.8, 4) is 0 Å². The van der Waals surface area contributed by atoms with Crippen molar-refractivity contribution in [1.82, 2.24) is 5.32 Å². The Morgan fingerprint density at radius 2 is 1.71 bits per heavy atom. The molecule has 0 aromatic carbocycles. The van der Waals surface area contributed by atoms with Gasteiger partial charge in [-0.3, -0.25) is 0 Å². The first-order valence-corrected chi connectivity index (χ1v) is 7.45. The van der Waals surface area contributed by atoms with Crippen LogP contribution in [0.4, 0.5) is 0 Å². The van der Waals surface area contributed by atoms with E-state index in [0.717, 1.165) is 44.6 Å². The van der Waals surface area contributed by atoms with Crippen molar-refractivity contribution in [2.75, 3.05) is 26.3 Å². The largest absolute Gasteiger partial charge is 0.381 e. The van der Waals surface area contributed by atoms with Gasteiger partial charge < -0.3 is 10.1 Å². The van der Waals surface area contributed by atoms with E-state index in [2.05, 4.69) is 33.0 Å². The van der Waals surface area contributed by atoms with E-state index in [0.29, 0.717) is 0 Å². The van der Waals surface area contributed by atoms with Crippen LogP contribution in [0.15, 0.2) is 0 Å². The Balaban J connectivity index is 2.99. The second kappa shape index (κ2) is 12.4. The van der Waals surface area contributed by atoms with Crippen LogP contribution < -0.4 is 5.32 Å². The molecule has 0 saturated heterocycles. The minimum absolute atomic E-state index is 0.798. The Hall–Kier alpha value is -0.0800. The minimum atomic E-state index is 0.798. The maximum atomic E-state index is 5.61. The predicted molar refractivity (Wildman–Crippen MR) is 76.4 cm³/mol. The van der Waals surface area contributed by atoms with E-state index in [-0.39, 0.29) is 0 Å². The molecule has 0 fully saturated rings. The van der Waals surface area contributed by atoms with Crippen molar-refractivity contribution in [3.05, 3.63) is 0 Å². The van der Waals surface area contributed by atoms with Crippen molar-refractivity contribution in [2.45, 2.75) is 59.8 Å². The van der Waals surface area contributed by atoms with Gasteiger partial charge >= 0.3 is 0 Å². The molecule has 1 N–H and O–H groups in total. The van der Waals surface area contributed by atoms with Gasteiger partial charge in [0.15, 0.2) is 0 Å². The number of nitrogens with one attached hydrogen (secondary N) is 1. The van der Waals surface area contributed by atoms with Crippen LogP contribution in [0.2, 0.25) is 0 Å². The second-order valence-corrected chi connectivity index (χ2v) is 5.57. The van der Waals surface area contributed by atoms with Crippen molar-refractivity contribution in [1.29, 1.82) is 0 Å².